The molecule has 0 amide bonds. The first-order valence-corrected chi connectivity index (χ1v) is 5.03. The molecule has 14 heavy (non-hydrogen) atoms. The summed E-state index contributed by atoms with van der Waals surface area (Å²) >= 11 is 0. The largest absolute Gasteiger partial charge is 0.298 e. The van der Waals surface area contributed by atoms with Crippen LogP contribution in [0.1, 0.15) is 15.9 Å². The summed E-state index contributed by atoms with van der Waals surface area (Å²) in [6, 6.07) is 2.14. The van der Waals surface area contributed by atoms with Crippen molar-refractivity contribution in [1.29, 1.82) is 0 Å². The molecule has 6 heteroatoms. The Kier molecular flexibility index (Phi) is 2.68. The number of hydrogen-bond donors (Lipinski definition) is 1. The zero-order chi connectivity index (χ0) is 10.9. The van der Waals surface area contributed by atoms with E-state index in [1.54, 1.807) is 0 Å². The SMILES string of the molecule is Cc1ccc(F)c(C=O)c1S(=O)(=O)O. The molecule has 1 rings (SSSR count). The molecule has 0 atom stereocenters. The first-order chi connectivity index (χ1) is 6.38. The quantitative estimate of drug-likeness (QED) is 0.598. The van der Waals surface area contributed by atoms with Gasteiger partial charge in [-0.1, -0.05) is 6.07 Å². The first kappa shape index (κ1) is 10.8. The van der Waals surface area contributed by atoms with Crippen LogP contribution in [0.4, 0.5) is 4.39 Å². The van der Waals surface area contributed by atoms with Crippen LogP contribution in [-0.4, -0.2) is 19.3 Å². The molecule has 0 aliphatic heterocycles. The molecule has 0 radical (unpaired) electrons. The van der Waals surface area contributed by atoms with Gasteiger partial charge in [-0.05, 0) is 18.6 Å². The average Bonchev–Trinajstić information content (AvgIpc) is 2.06. The number of halogens is 1. The van der Waals surface area contributed by atoms with Gasteiger partial charge in [-0.25, -0.2) is 4.39 Å². The van der Waals surface area contributed by atoms with E-state index < -0.39 is 26.4 Å². The minimum atomic E-state index is -4.57. The van der Waals surface area contributed by atoms with Crippen LogP contribution < -0.4 is 0 Å². The van der Waals surface area contributed by atoms with E-state index >= 15 is 0 Å². The van der Waals surface area contributed by atoms with Crippen molar-refractivity contribution in [1.82, 2.24) is 0 Å². The Balaban J connectivity index is 3.71. The summed E-state index contributed by atoms with van der Waals surface area (Å²) in [5.74, 6) is -0.974. The fourth-order valence-corrected chi connectivity index (χ4v) is 2.04. The van der Waals surface area contributed by atoms with E-state index in [1.807, 2.05) is 0 Å². The Morgan fingerprint density at radius 3 is 2.36 bits per heavy atom. The Bertz CT molecular complexity index is 478. The van der Waals surface area contributed by atoms with E-state index in [-0.39, 0.29) is 11.8 Å². The molecule has 0 aliphatic carbocycles. The molecule has 0 heterocycles. The maximum absolute atomic E-state index is 13.0. The van der Waals surface area contributed by atoms with Gasteiger partial charge >= 0.3 is 0 Å². The second kappa shape index (κ2) is 3.47. The van der Waals surface area contributed by atoms with Crippen molar-refractivity contribution in [2.24, 2.45) is 0 Å². The molecular weight excluding hydrogens is 211 g/mol. The highest BCUT2D eigenvalue weighted by Crippen LogP contribution is 2.21. The van der Waals surface area contributed by atoms with Crippen molar-refractivity contribution in [2.45, 2.75) is 11.8 Å². The van der Waals surface area contributed by atoms with E-state index in [0.29, 0.717) is 0 Å². The zero-order valence-electron chi connectivity index (χ0n) is 7.19. The lowest BCUT2D eigenvalue weighted by Crippen LogP contribution is -2.07. The molecule has 0 bridgehead atoms. The summed E-state index contributed by atoms with van der Waals surface area (Å²) in [6.07, 6.45) is 0.0609. The minimum Gasteiger partial charge on any atom is -0.298 e. The Morgan fingerprint density at radius 1 is 1.43 bits per heavy atom. The standard InChI is InChI=1S/C8H7FO4S/c1-5-2-3-7(9)6(4-10)8(5)14(11,12)13/h2-4H,1H3,(H,11,12,13). The topological polar surface area (TPSA) is 71.4 Å². The van der Waals surface area contributed by atoms with Crippen molar-refractivity contribution in [3.8, 4) is 0 Å². The van der Waals surface area contributed by atoms with Gasteiger partial charge in [-0.15, -0.1) is 0 Å². The molecule has 0 aromatic heterocycles. The first-order valence-electron chi connectivity index (χ1n) is 3.59. The van der Waals surface area contributed by atoms with E-state index in [4.69, 9.17) is 4.55 Å². The van der Waals surface area contributed by atoms with Gasteiger partial charge in [0.2, 0.25) is 0 Å². The van der Waals surface area contributed by atoms with Crippen molar-refractivity contribution in [3.05, 3.63) is 29.1 Å². The van der Waals surface area contributed by atoms with Crippen LogP contribution >= 0.6 is 0 Å². The monoisotopic (exact) mass is 218 g/mol. The fraction of sp³-hybridized carbons (Fsp3) is 0.125. The number of carbonyl (C=O) groups excluding carboxylic acids is 1. The maximum atomic E-state index is 13.0. The predicted octanol–water partition coefficient (Wildman–Crippen LogP) is 1.19. The summed E-state index contributed by atoms with van der Waals surface area (Å²) < 4.78 is 43.3. The highest BCUT2D eigenvalue weighted by Gasteiger charge is 2.21. The number of aldehydes is 1. The van der Waals surface area contributed by atoms with Crippen LogP contribution in [0, 0.1) is 12.7 Å². The van der Waals surface area contributed by atoms with Gasteiger partial charge < -0.3 is 0 Å². The van der Waals surface area contributed by atoms with Crippen molar-refractivity contribution in [3.63, 3.8) is 0 Å². The Hall–Kier alpha value is -1.27. The third kappa shape index (κ3) is 1.80. The fourth-order valence-electron chi connectivity index (χ4n) is 1.14. The van der Waals surface area contributed by atoms with Gasteiger partial charge in [0.05, 0.1) is 5.56 Å². The van der Waals surface area contributed by atoms with E-state index in [2.05, 4.69) is 0 Å². The lowest BCUT2D eigenvalue weighted by atomic mass is 10.1. The van der Waals surface area contributed by atoms with Crippen molar-refractivity contribution >= 4 is 16.4 Å². The molecule has 0 saturated carbocycles. The van der Waals surface area contributed by atoms with Crippen LogP contribution in [0.2, 0.25) is 0 Å². The summed E-state index contributed by atoms with van der Waals surface area (Å²) in [6.45, 7) is 1.36. The number of carbonyl (C=O) groups is 1. The van der Waals surface area contributed by atoms with Crippen molar-refractivity contribution in [2.75, 3.05) is 0 Å². The molecule has 0 unspecified atom stereocenters. The maximum Gasteiger partial charge on any atom is 0.295 e. The van der Waals surface area contributed by atoms with Crippen LogP contribution in [0.25, 0.3) is 0 Å². The summed E-state index contributed by atoms with van der Waals surface area (Å²) in [4.78, 5) is 9.76. The van der Waals surface area contributed by atoms with Gasteiger partial charge in [-0.3, -0.25) is 9.35 Å². The number of rotatable bonds is 2. The number of aryl methyl sites for hydroxylation is 1. The molecule has 1 N–H and O–H groups in total. The molecule has 76 valence electrons. The third-order valence-electron chi connectivity index (χ3n) is 1.72. The summed E-state index contributed by atoms with van der Waals surface area (Å²) in [5, 5.41) is 0. The van der Waals surface area contributed by atoms with E-state index in [9.17, 15) is 17.6 Å². The van der Waals surface area contributed by atoms with E-state index in [0.717, 1.165) is 6.07 Å². The molecular formula is C8H7FO4S. The second-order valence-electron chi connectivity index (χ2n) is 2.70. The summed E-state index contributed by atoms with van der Waals surface area (Å²) in [5.41, 5.74) is -0.525. The van der Waals surface area contributed by atoms with Crippen LogP contribution in [0.5, 0.6) is 0 Å². The van der Waals surface area contributed by atoms with Crippen LogP contribution in [0.3, 0.4) is 0 Å². The highest BCUT2D eigenvalue weighted by molar-refractivity contribution is 7.86. The average molecular weight is 218 g/mol. The lowest BCUT2D eigenvalue weighted by Gasteiger charge is -2.05. The second-order valence-corrected chi connectivity index (χ2v) is 4.06. The van der Waals surface area contributed by atoms with Gasteiger partial charge in [-0.2, -0.15) is 8.42 Å². The lowest BCUT2D eigenvalue weighted by molar-refractivity contribution is 0.111. The van der Waals surface area contributed by atoms with Gasteiger partial charge in [0.1, 0.15) is 10.7 Å². The predicted molar refractivity (Wildman–Crippen MR) is 46.3 cm³/mol. The van der Waals surface area contributed by atoms with Crippen LogP contribution in [-0.2, 0) is 10.1 Å². The normalized spacial score (nSPS) is 11.4. The number of benzene rings is 1. The summed E-state index contributed by atoms with van der Waals surface area (Å²) in [7, 11) is -4.57. The molecule has 0 saturated heterocycles. The zero-order valence-corrected chi connectivity index (χ0v) is 8.01. The van der Waals surface area contributed by atoms with E-state index in [1.165, 1.54) is 13.0 Å². The third-order valence-corrected chi connectivity index (χ3v) is 2.77. The molecule has 1 aromatic rings. The van der Waals surface area contributed by atoms with Gasteiger partial charge in [0.25, 0.3) is 10.1 Å². The number of hydrogen-bond acceptors (Lipinski definition) is 3. The molecule has 1 aromatic carbocycles. The van der Waals surface area contributed by atoms with Crippen molar-refractivity contribution < 1.29 is 22.2 Å². The smallest absolute Gasteiger partial charge is 0.295 e. The molecule has 4 nitrogen and oxygen atoms in total. The molecule has 0 spiro atoms. The minimum absolute atomic E-state index is 0.0609. The molecule has 0 fully saturated rings. The van der Waals surface area contributed by atoms with Gasteiger partial charge in [0, 0.05) is 0 Å². The molecule has 0 aliphatic rings. The van der Waals surface area contributed by atoms with Gasteiger partial charge in [0.15, 0.2) is 6.29 Å². The Morgan fingerprint density at radius 2 is 2.00 bits per heavy atom. The highest BCUT2D eigenvalue weighted by atomic mass is 32.2. The van der Waals surface area contributed by atoms with Crippen LogP contribution in [0.15, 0.2) is 17.0 Å². The Labute approximate surface area is 80.1 Å².